The Morgan fingerprint density at radius 1 is 1.42 bits per heavy atom. The van der Waals surface area contributed by atoms with Crippen molar-refractivity contribution in [3.63, 3.8) is 0 Å². The highest BCUT2D eigenvalue weighted by molar-refractivity contribution is 9.10. The van der Waals surface area contributed by atoms with Crippen LogP contribution in [0.2, 0.25) is 0 Å². The predicted octanol–water partition coefficient (Wildman–Crippen LogP) is 4.96. The third-order valence-electron chi connectivity index (χ3n) is 2.67. The first kappa shape index (κ1) is 14.8. The van der Waals surface area contributed by atoms with E-state index in [1.165, 1.54) is 5.56 Å². The third-order valence-corrected chi connectivity index (χ3v) is 4.79. The van der Waals surface area contributed by atoms with E-state index in [-0.39, 0.29) is 0 Å². The van der Waals surface area contributed by atoms with Gasteiger partial charge in [0, 0.05) is 16.3 Å². The molecule has 1 aromatic carbocycles. The van der Waals surface area contributed by atoms with Crippen LogP contribution in [-0.4, -0.2) is 11.6 Å². The molecule has 5 heteroatoms. The highest BCUT2D eigenvalue weighted by atomic mass is 79.9. The van der Waals surface area contributed by atoms with E-state index < -0.39 is 0 Å². The topological polar surface area (TPSA) is 22.1 Å². The highest BCUT2D eigenvalue weighted by Gasteiger charge is 2.02. The summed E-state index contributed by atoms with van der Waals surface area (Å²) in [6.45, 7) is 2.76. The molecule has 0 aliphatic carbocycles. The zero-order valence-electron chi connectivity index (χ0n) is 10.7. The number of hydrogen-bond donors (Lipinski definition) is 0. The molecule has 0 amide bonds. The Bertz CT molecular complexity index is 544. The van der Waals surface area contributed by atoms with Crippen LogP contribution in [0.15, 0.2) is 28.1 Å². The van der Waals surface area contributed by atoms with E-state index in [0.29, 0.717) is 12.5 Å². The molecular formula is C14H15BrClNOS. The summed E-state index contributed by atoms with van der Waals surface area (Å²) in [7, 11) is 0. The summed E-state index contributed by atoms with van der Waals surface area (Å²) in [6, 6.07) is 6.03. The molecule has 2 aromatic rings. The third kappa shape index (κ3) is 4.48. The molecule has 0 atom stereocenters. The summed E-state index contributed by atoms with van der Waals surface area (Å²) in [4.78, 5) is 4.42. The van der Waals surface area contributed by atoms with Gasteiger partial charge < -0.3 is 4.74 Å². The van der Waals surface area contributed by atoms with E-state index in [1.54, 1.807) is 11.3 Å². The minimum absolute atomic E-state index is 0.491. The Balaban J connectivity index is 1.75. The van der Waals surface area contributed by atoms with Crippen LogP contribution >= 0.6 is 38.9 Å². The van der Waals surface area contributed by atoms with Gasteiger partial charge in [-0.3, -0.25) is 0 Å². The lowest BCUT2D eigenvalue weighted by molar-refractivity contribution is 0.310. The molecule has 1 heterocycles. The van der Waals surface area contributed by atoms with Crippen LogP contribution in [0.1, 0.15) is 22.7 Å². The normalized spacial score (nSPS) is 10.7. The molecule has 0 saturated carbocycles. The fraction of sp³-hybridized carbons (Fsp3) is 0.357. The maximum absolute atomic E-state index is 5.73. The van der Waals surface area contributed by atoms with Gasteiger partial charge in [0.05, 0.1) is 23.2 Å². The number of rotatable bonds is 6. The number of aromatic nitrogens is 1. The van der Waals surface area contributed by atoms with E-state index in [4.69, 9.17) is 16.3 Å². The van der Waals surface area contributed by atoms with Crippen molar-refractivity contribution >= 4 is 38.9 Å². The first-order chi connectivity index (χ1) is 9.19. The fourth-order valence-corrected chi connectivity index (χ4v) is 2.96. The van der Waals surface area contributed by atoms with Crippen molar-refractivity contribution in [2.24, 2.45) is 0 Å². The van der Waals surface area contributed by atoms with E-state index >= 15 is 0 Å². The maximum Gasteiger partial charge on any atom is 0.119 e. The standard InChI is InChI=1S/C14H15BrClNOS/c1-10-7-12(4-5-13(10)15)18-6-2-3-14-17-11(8-16)9-19-14/h4-5,7,9H,2-3,6,8H2,1H3. The van der Waals surface area contributed by atoms with Gasteiger partial charge in [0.25, 0.3) is 0 Å². The van der Waals surface area contributed by atoms with Crippen molar-refractivity contribution in [3.8, 4) is 5.75 Å². The van der Waals surface area contributed by atoms with Crippen LogP contribution in [0.3, 0.4) is 0 Å². The van der Waals surface area contributed by atoms with Crippen LogP contribution in [-0.2, 0) is 12.3 Å². The first-order valence-electron chi connectivity index (χ1n) is 6.07. The summed E-state index contributed by atoms with van der Waals surface area (Å²) >= 11 is 10.9. The number of aryl methyl sites for hydroxylation is 2. The summed E-state index contributed by atoms with van der Waals surface area (Å²) in [6.07, 6.45) is 1.90. The van der Waals surface area contributed by atoms with E-state index in [2.05, 4.69) is 27.8 Å². The SMILES string of the molecule is Cc1cc(OCCCc2nc(CCl)cs2)ccc1Br. The Hall–Kier alpha value is -0.580. The Morgan fingerprint density at radius 2 is 2.26 bits per heavy atom. The number of nitrogens with zero attached hydrogens (tertiary/aromatic N) is 1. The zero-order chi connectivity index (χ0) is 13.7. The molecule has 0 aliphatic rings. The summed E-state index contributed by atoms with van der Waals surface area (Å²) in [5, 5.41) is 3.15. The molecule has 0 spiro atoms. The molecule has 0 bridgehead atoms. The monoisotopic (exact) mass is 359 g/mol. The van der Waals surface area contributed by atoms with Gasteiger partial charge in [-0.25, -0.2) is 4.98 Å². The lowest BCUT2D eigenvalue weighted by Gasteiger charge is -2.07. The number of ether oxygens (including phenoxy) is 1. The largest absolute Gasteiger partial charge is 0.494 e. The molecule has 0 radical (unpaired) electrons. The maximum atomic E-state index is 5.73. The molecule has 0 aliphatic heterocycles. The quantitative estimate of drug-likeness (QED) is 0.536. The molecule has 0 unspecified atom stereocenters. The lowest BCUT2D eigenvalue weighted by Crippen LogP contribution is -1.99. The van der Waals surface area contributed by atoms with Gasteiger partial charge in [-0.15, -0.1) is 22.9 Å². The molecule has 2 nitrogen and oxygen atoms in total. The molecule has 102 valence electrons. The highest BCUT2D eigenvalue weighted by Crippen LogP contribution is 2.22. The number of halogens is 2. The van der Waals surface area contributed by atoms with Crippen LogP contribution in [0.5, 0.6) is 5.75 Å². The van der Waals surface area contributed by atoms with Gasteiger partial charge in [0.15, 0.2) is 0 Å². The first-order valence-corrected chi connectivity index (χ1v) is 8.28. The number of benzene rings is 1. The summed E-state index contributed by atoms with van der Waals surface area (Å²) < 4.78 is 6.83. The van der Waals surface area contributed by atoms with Crippen molar-refractivity contribution in [1.29, 1.82) is 0 Å². The van der Waals surface area contributed by atoms with Crippen LogP contribution in [0.25, 0.3) is 0 Å². The van der Waals surface area contributed by atoms with E-state index in [1.807, 2.05) is 23.6 Å². The minimum atomic E-state index is 0.491. The molecule has 0 saturated heterocycles. The van der Waals surface area contributed by atoms with Crippen molar-refractivity contribution in [3.05, 3.63) is 44.3 Å². The minimum Gasteiger partial charge on any atom is -0.494 e. The fourth-order valence-electron chi connectivity index (χ4n) is 1.65. The van der Waals surface area contributed by atoms with E-state index in [9.17, 15) is 0 Å². The van der Waals surface area contributed by atoms with Crippen LogP contribution in [0.4, 0.5) is 0 Å². The van der Waals surface area contributed by atoms with E-state index in [0.717, 1.165) is 33.8 Å². The number of alkyl halides is 1. The Kier molecular flexibility index (Phi) is 5.67. The Labute approximate surface area is 130 Å². The average Bonchev–Trinajstić information content (AvgIpc) is 2.87. The van der Waals surface area contributed by atoms with Gasteiger partial charge in [0.2, 0.25) is 0 Å². The summed E-state index contributed by atoms with van der Waals surface area (Å²) in [5.74, 6) is 1.41. The van der Waals surface area contributed by atoms with Gasteiger partial charge in [-0.1, -0.05) is 15.9 Å². The lowest BCUT2D eigenvalue weighted by atomic mass is 10.2. The van der Waals surface area contributed by atoms with Crippen LogP contribution < -0.4 is 4.74 Å². The van der Waals surface area contributed by atoms with Crippen molar-refractivity contribution in [2.75, 3.05) is 6.61 Å². The molecule has 1 aromatic heterocycles. The molecule has 2 rings (SSSR count). The van der Waals surface area contributed by atoms with Crippen LogP contribution in [0, 0.1) is 6.92 Å². The van der Waals surface area contributed by atoms with Gasteiger partial charge in [0.1, 0.15) is 5.75 Å². The average molecular weight is 361 g/mol. The molecular weight excluding hydrogens is 346 g/mol. The zero-order valence-corrected chi connectivity index (χ0v) is 13.8. The molecule has 0 N–H and O–H groups in total. The smallest absolute Gasteiger partial charge is 0.119 e. The second kappa shape index (κ2) is 7.27. The second-order valence-electron chi connectivity index (χ2n) is 4.23. The van der Waals surface area contributed by atoms with Gasteiger partial charge >= 0.3 is 0 Å². The van der Waals surface area contributed by atoms with Crippen molar-refractivity contribution in [1.82, 2.24) is 4.98 Å². The second-order valence-corrected chi connectivity index (χ2v) is 6.29. The number of hydrogen-bond acceptors (Lipinski definition) is 3. The summed E-state index contributed by atoms with van der Waals surface area (Å²) in [5.41, 5.74) is 2.15. The van der Waals surface area contributed by atoms with Crippen molar-refractivity contribution < 1.29 is 4.74 Å². The van der Waals surface area contributed by atoms with Gasteiger partial charge in [-0.05, 0) is 37.1 Å². The predicted molar refractivity (Wildman–Crippen MR) is 84.4 cm³/mol. The number of thiazole rings is 1. The van der Waals surface area contributed by atoms with Crippen molar-refractivity contribution in [2.45, 2.75) is 25.6 Å². The molecule has 0 fully saturated rings. The van der Waals surface area contributed by atoms with Gasteiger partial charge in [-0.2, -0.15) is 0 Å². The Morgan fingerprint density at radius 3 is 2.95 bits per heavy atom. The molecule has 19 heavy (non-hydrogen) atoms.